The number of hydrogen-bond donors (Lipinski definition) is 3. The number of aliphatic hydroxyl groups is 3. The van der Waals surface area contributed by atoms with Crippen LogP contribution in [0.25, 0.3) is 0 Å². The molecule has 52 heavy (non-hydrogen) atoms. The number of aliphatic hydroxyl groups excluding tert-OH is 3. The van der Waals surface area contributed by atoms with E-state index in [-0.39, 0.29) is 33.0 Å². The zero-order valence-corrected chi connectivity index (χ0v) is 29.2. The normalized spacial score (nSPS) is 29.2. The second kappa shape index (κ2) is 19.5. The van der Waals surface area contributed by atoms with Gasteiger partial charge in [0, 0.05) is 7.11 Å². The predicted molar refractivity (Wildman–Crippen MR) is 189 cm³/mol. The Labute approximate surface area is 304 Å². The summed E-state index contributed by atoms with van der Waals surface area (Å²) in [6.45, 7) is 1.04. The van der Waals surface area contributed by atoms with E-state index in [2.05, 4.69) is 0 Å². The summed E-state index contributed by atoms with van der Waals surface area (Å²) >= 11 is 0. The van der Waals surface area contributed by atoms with Crippen LogP contribution in [-0.2, 0) is 64.3 Å². The maximum Gasteiger partial charge on any atom is 0.187 e. The van der Waals surface area contributed by atoms with E-state index in [0.717, 1.165) is 22.3 Å². The van der Waals surface area contributed by atoms with Gasteiger partial charge in [-0.1, -0.05) is 121 Å². The van der Waals surface area contributed by atoms with Gasteiger partial charge in [0.2, 0.25) is 0 Å². The number of ether oxygens (including phenoxy) is 8. The minimum absolute atomic E-state index is 0.143. The number of hydrogen-bond acceptors (Lipinski definition) is 11. The molecule has 0 amide bonds. The minimum Gasteiger partial charge on any atom is -0.387 e. The highest BCUT2D eigenvalue weighted by Gasteiger charge is 2.50. The molecular formula is C41H48O11. The van der Waals surface area contributed by atoms with Crippen LogP contribution in [0.4, 0.5) is 0 Å². The predicted octanol–water partition coefficient (Wildman–Crippen LogP) is 4.15. The molecule has 11 heteroatoms. The van der Waals surface area contributed by atoms with Crippen molar-refractivity contribution >= 4 is 0 Å². The van der Waals surface area contributed by atoms with E-state index in [4.69, 9.17) is 37.9 Å². The Morgan fingerprint density at radius 1 is 0.442 bits per heavy atom. The first-order valence-corrected chi connectivity index (χ1v) is 17.6. The van der Waals surface area contributed by atoms with Gasteiger partial charge < -0.3 is 53.2 Å². The Morgan fingerprint density at radius 2 is 0.885 bits per heavy atom. The van der Waals surface area contributed by atoms with Gasteiger partial charge in [-0.2, -0.15) is 0 Å². The van der Waals surface area contributed by atoms with Crippen molar-refractivity contribution in [2.24, 2.45) is 0 Å². The van der Waals surface area contributed by atoms with Gasteiger partial charge in [0.05, 0.1) is 39.6 Å². The number of benzene rings is 4. The molecule has 0 unspecified atom stereocenters. The monoisotopic (exact) mass is 716 g/mol. The number of rotatable bonds is 17. The average Bonchev–Trinajstić information content (AvgIpc) is 3.19. The Morgan fingerprint density at radius 3 is 1.38 bits per heavy atom. The molecule has 0 radical (unpaired) electrons. The van der Waals surface area contributed by atoms with Crippen molar-refractivity contribution in [3.05, 3.63) is 144 Å². The molecule has 0 saturated carbocycles. The van der Waals surface area contributed by atoms with E-state index in [9.17, 15) is 15.3 Å². The lowest BCUT2D eigenvalue weighted by Crippen LogP contribution is -2.63. The fourth-order valence-electron chi connectivity index (χ4n) is 6.32. The standard InChI is InChI=1S/C41H48O11/c1-45-40-36(44)35(43)34(42)32(51-40)27-50-41-39(49-25-31-20-12-5-13-21-31)38(48-24-30-18-10-4-11-19-30)37(47-23-29-16-8-3-9-17-29)33(52-41)26-46-22-28-14-6-2-7-15-28/h2-21,32-44H,22-27H2,1H3/t32-,33-,34-,35+,36-,37-,38+,39-,40-,41+/m1/s1. The van der Waals surface area contributed by atoms with E-state index in [1.165, 1.54) is 7.11 Å². The third kappa shape index (κ3) is 10.3. The fraction of sp³-hybridized carbons (Fsp3) is 0.415. The third-order valence-electron chi connectivity index (χ3n) is 9.17. The van der Waals surface area contributed by atoms with Crippen molar-refractivity contribution < 1.29 is 53.2 Å². The van der Waals surface area contributed by atoms with Gasteiger partial charge in [0.15, 0.2) is 12.6 Å². The molecule has 0 spiro atoms. The molecule has 0 aliphatic carbocycles. The van der Waals surface area contributed by atoms with Crippen LogP contribution in [0.15, 0.2) is 121 Å². The lowest BCUT2D eigenvalue weighted by Gasteiger charge is -2.46. The maximum absolute atomic E-state index is 10.8. The Hall–Kier alpha value is -3.56. The highest BCUT2D eigenvalue weighted by Crippen LogP contribution is 2.32. The van der Waals surface area contributed by atoms with Crippen molar-refractivity contribution in [1.29, 1.82) is 0 Å². The smallest absolute Gasteiger partial charge is 0.187 e. The Bertz CT molecular complexity index is 1560. The Kier molecular flexibility index (Phi) is 14.3. The zero-order valence-electron chi connectivity index (χ0n) is 29.2. The molecule has 0 aromatic heterocycles. The summed E-state index contributed by atoms with van der Waals surface area (Å²) in [4.78, 5) is 0. The topological polar surface area (TPSA) is 135 Å². The lowest BCUT2D eigenvalue weighted by molar-refractivity contribution is -0.343. The van der Waals surface area contributed by atoms with Crippen LogP contribution in [0.1, 0.15) is 22.3 Å². The second-order valence-electron chi connectivity index (χ2n) is 12.9. The summed E-state index contributed by atoms with van der Waals surface area (Å²) in [5, 5.41) is 31.7. The van der Waals surface area contributed by atoms with Gasteiger partial charge in [-0.15, -0.1) is 0 Å². The molecule has 2 aliphatic heterocycles. The van der Waals surface area contributed by atoms with Crippen LogP contribution >= 0.6 is 0 Å². The highest BCUT2D eigenvalue weighted by molar-refractivity contribution is 5.16. The largest absolute Gasteiger partial charge is 0.387 e. The van der Waals surface area contributed by atoms with Gasteiger partial charge >= 0.3 is 0 Å². The first-order chi connectivity index (χ1) is 25.5. The minimum atomic E-state index is -1.51. The van der Waals surface area contributed by atoms with Gasteiger partial charge in [-0.3, -0.25) is 0 Å². The summed E-state index contributed by atoms with van der Waals surface area (Å²) < 4.78 is 50.3. The quantitative estimate of drug-likeness (QED) is 0.146. The summed E-state index contributed by atoms with van der Waals surface area (Å²) in [7, 11) is 1.35. The van der Waals surface area contributed by atoms with Crippen molar-refractivity contribution in [1.82, 2.24) is 0 Å². The first-order valence-electron chi connectivity index (χ1n) is 17.6. The summed E-state index contributed by atoms with van der Waals surface area (Å²) in [5.41, 5.74) is 3.88. The molecule has 4 aromatic rings. The molecule has 6 rings (SSSR count). The van der Waals surface area contributed by atoms with Crippen LogP contribution in [0.2, 0.25) is 0 Å². The molecule has 0 bridgehead atoms. The van der Waals surface area contributed by atoms with Crippen molar-refractivity contribution in [2.45, 2.75) is 87.8 Å². The van der Waals surface area contributed by atoms with Crippen LogP contribution < -0.4 is 0 Å². The van der Waals surface area contributed by atoms with E-state index in [0.29, 0.717) is 6.61 Å². The number of methoxy groups -OCH3 is 1. The van der Waals surface area contributed by atoms with Crippen LogP contribution in [0.3, 0.4) is 0 Å². The van der Waals surface area contributed by atoms with Crippen LogP contribution in [-0.4, -0.2) is 97.1 Å². The first kappa shape index (κ1) is 38.2. The molecule has 2 aliphatic rings. The van der Waals surface area contributed by atoms with Crippen molar-refractivity contribution in [2.75, 3.05) is 20.3 Å². The molecule has 2 saturated heterocycles. The molecule has 2 heterocycles. The van der Waals surface area contributed by atoms with E-state index in [1.54, 1.807) is 0 Å². The van der Waals surface area contributed by atoms with Crippen LogP contribution in [0.5, 0.6) is 0 Å². The molecule has 10 atom stereocenters. The van der Waals surface area contributed by atoms with Crippen molar-refractivity contribution in [3.8, 4) is 0 Å². The molecule has 4 aromatic carbocycles. The third-order valence-corrected chi connectivity index (χ3v) is 9.17. The average molecular weight is 717 g/mol. The highest BCUT2D eigenvalue weighted by atomic mass is 16.7. The summed E-state index contributed by atoms with van der Waals surface area (Å²) in [6.07, 6.45) is -10.5. The van der Waals surface area contributed by atoms with E-state index < -0.39 is 61.4 Å². The van der Waals surface area contributed by atoms with Gasteiger partial charge in [-0.05, 0) is 22.3 Å². The van der Waals surface area contributed by atoms with E-state index >= 15 is 0 Å². The molecule has 3 N–H and O–H groups in total. The van der Waals surface area contributed by atoms with Gasteiger partial charge in [0.25, 0.3) is 0 Å². The zero-order chi connectivity index (χ0) is 36.1. The molecule has 2 fully saturated rings. The SMILES string of the molecule is CO[C@@H]1O[C@H](CO[C@H]2O[C@H](COCc3ccccc3)[C@@H](OCc3ccccc3)[C@H](OCc3ccccc3)[C@H]2OCc2ccccc2)[C@@H](O)[C@H](O)[C@H]1O. The fourth-order valence-corrected chi connectivity index (χ4v) is 6.32. The second-order valence-corrected chi connectivity index (χ2v) is 12.9. The van der Waals surface area contributed by atoms with Crippen molar-refractivity contribution in [3.63, 3.8) is 0 Å². The van der Waals surface area contributed by atoms with E-state index in [1.807, 2.05) is 121 Å². The Balaban J connectivity index is 1.30. The summed E-state index contributed by atoms with van der Waals surface area (Å²) in [5.74, 6) is 0. The van der Waals surface area contributed by atoms with Crippen LogP contribution in [0, 0.1) is 0 Å². The molecule has 11 nitrogen and oxygen atoms in total. The van der Waals surface area contributed by atoms with Gasteiger partial charge in [-0.25, -0.2) is 0 Å². The lowest BCUT2D eigenvalue weighted by atomic mass is 9.97. The molecular weight excluding hydrogens is 668 g/mol. The summed E-state index contributed by atoms with van der Waals surface area (Å²) in [6, 6.07) is 39.3. The van der Waals surface area contributed by atoms with Gasteiger partial charge in [0.1, 0.15) is 48.8 Å². The maximum atomic E-state index is 10.8. The molecule has 278 valence electrons.